The van der Waals surface area contributed by atoms with Gasteiger partial charge in [-0.05, 0) is 131 Å². The van der Waals surface area contributed by atoms with Gasteiger partial charge in [0.15, 0.2) is 11.6 Å². The highest BCUT2D eigenvalue weighted by Crippen LogP contribution is 2.32. The van der Waals surface area contributed by atoms with Crippen LogP contribution in [0.3, 0.4) is 0 Å². The second-order valence-electron chi connectivity index (χ2n) is 25.6. The van der Waals surface area contributed by atoms with Gasteiger partial charge in [0.05, 0.1) is 5.54 Å². The molecule has 10 amide bonds. The van der Waals surface area contributed by atoms with Crippen LogP contribution in [0, 0.1) is 24.7 Å². The summed E-state index contributed by atoms with van der Waals surface area (Å²) in [5.41, 5.74) is -4.86. The molecule has 0 radical (unpaired) electrons. The van der Waals surface area contributed by atoms with Gasteiger partial charge in [0, 0.05) is 33.0 Å². The molecule has 2 fully saturated rings. The van der Waals surface area contributed by atoms with Crippen LogP contribution >= 0.6 is 0 Å². The van der Waals surface area contributed by atoms with E-state index in [9.17, 15) is 47.9 Å². The Morgan fingerprint density at radius 1 is 0.667 bits per heavy atom. The summed E-state index contributed by atoms with van der Waals surface area (Å²) in [6.07, 6.45) is 9.08. The monoisotopic (exact) mass is 1140 g/mol. The Labute approximate surface area is 481 Å². The third-order valence-electron chi connectivity index (χ3n) is 14.6. The molecule has 1 aromatic rings. The van der Waals surface area contributed by atoms with Gasteiger partial charge in [-0.15, -0.1) is 0 Å². The minimum atomic E-state index is -1.64. The van der Waals surface area contributed by atoms with Crippen LogP contribution in [-0.4, -0.2) is 160 Å². The lowest BCUT2D eigenvalue weighted by Crippen LogP contribution is -2.65. The first kappa shape index (κ1) is 69.1. The van der Waals surface area contributed by atoms with Crippen LogP contribution in [0.25, 0.3) is 0 Å². The van der Waals surface area contributed by atoms with Crippen molar-refractivity contribution in [1.82, 2.24) is 62.6 Å². The minimum absolute atomic E-state index is 0.0464. The quantitative estimate of drug-likeness (QED) is 0.0457. The Bertz CT molecular complexity index is 2340. The Kier molecular flexibility index (Phi) is 26.3. The van der Waals surface area contributed by atoms with E-state index in [4.69, 9.17) is 4.42 Å². The number of aromatic nitrogens is 1. The number of hydrogen-bond donors (Lipinski definition) is 9. The van der Waals surface area contributed by atoms with Crippen LogP contribution < -0.4 is 47.9 Å². The summed E-state index contributed by atoms with van der Waals surface area (Å²) in [5, 5.41) is 25.4. The van der Waals surface area contributed by atoms with Gasteiger partial charge in [0.25, 0.3) is 5.91 Å². The number of likely N-dealkylation sites (tertiary alicyclic amines) is 1. The summed E-state index contributed by atoms with van der Waals surface area (Å²) in [6.45, 7) is 24.8. The molecule has 1 saturated heterocycles. The summed E-state index contributed by atoms with van der Waals surface area (Å²) >= 11 is 0. The van der Waals surface area contributed by atoms with Crippen molar-refractivity contribution in [3.05, 3.63) is 17.8 Å². The van der Waals surface area contributed by atoms with E-state index in [0.29, 0.717) is 31.7 Å². The Hall–Kier alpha value is -6.13. The molecule has 81 heavy (non-hydrogen) atoms. The molecule has 0 bridgehead atoms. The van der Waals surface area contributed by atoms with Gasteiger partial charge < -0.3 is 62.1 Å². The maximum absolute atomic E-state index is 14.2. The van der Waals surface area contributed by atoms with Crippen LogP contribution in [0.2, 0.25) is 0 Å². The van der Waals surface area contributed by atoms with E-state index in [1.54, 1.807) is 6.92 Å². The first-order chi connectivity index (χ1) is 37.6. The molecule has 2 aliphatic rings. The number of unbranched alkanes of at least 4 members (excludes halogenated alkanes) is 3. The molecule has 2 heterocycles. The van der Waals surface area contributed by atoms with Crippen molar-refractivity contribution in [2.75, 3.05) is 33.7 Å². The lowest BCUT2D eigenvalue weighted by molar-refractivity contribution is -0.139. The smallest absolute Gasteiger partial charge is 0.276 e. The molecule has 458 valence electrons. The van der Waals surface area contributed by atoms with Crippen molar-refractivity contribution in [3.63, 3.8) is 0 Å². The second-order valence-corrected chi connectivity index (χ2v) is 25.6. The highest BCUT2D eigenvalue weighted by molar-refractivity contribution is 6.00. The highest BCUT2D eigenvalue weighted by Gasteiger charge is 2.43. The lowest BCUT2D eigenvalue weighted by atomic mass is 9.76. The molecule has 3 rings (SSSR count). The zero-order valence-electron chi connectivity index (χ0n) is 51.5. The number of hydrogen-bond acceptors (Lipinski definition) is 13. The van der Waals surface area contributed by atoms with Crippen molar-refractivity contribution in [2.45, 2.75) is 239 Å². The zero-order chi connectivity index (χ0) is 61.2. The van der Waals surface area contributed by atoms with Crippen molar-refractivity contribution in [1.29, 1.82) is 0 Å². The van der Waals surface area contributed by atoms with E-state index < -0.39 is 100.0 Å². The van der Waals surface area contributed by atoms with Crippen LogP contribution in [0.1, 0.15) is 196 Å². The summed E-state index contributed by atoms with van der Waals surface area (Å²) in [5.74, 6) is -5.72. The summed E-state index contributed by atoms with van der Waals surface area (Å²) < 4.78 is 5.23. The molecule has 0 spiro atoms. The van der Waals surface area contributed by atoms with Crippen molar-refractivity contribution in [3.8, 4) is 0 Å². The van der Waals surface area contributed by atoms with Gasteiger partial charge >= 0.3 is 0 Å². The van der Waals surface area contributed by atoms with E-state index in [0.717, 1.165) is 45.1 Å². The van der Waals surface area contributed by atoms with Gasteiger partial charge in [-0.25, -0.2) is 4.98 Å². The first-order valence-corrected chi connectivity index (χ1v) is 29.3. The van der Waals surface area contributed by atoms with Crippen LogP contribution in [0.5, 0.6) is 0 Å². The fourth-order valence-corrected chi connectivity index (χ4v) is 10.00. The Morgan fingerprint density at radius 2 is 1.19 bits per heavy atom. The van der Waals surface area contributed by atoms with E-state index in [1.165, 1.54) is 52.7 Å². The number of carbonyl (C=O) groups excluding carboxylic acids is 10. The number of oxazole rings is 1. The maximum Gasteiger partial charge on any atom is 0.276 e. The molecule has 0 aromatic carbocycles. The van der Waals surface area contributed by atoms with E-state index in [2.05, 4.69) is 59.8 Å². The number of aryl methyl sites for hydroxylation is 1. The van der Waals surface area contributed by atoms with Gasteiger partial charge in [-0.1, -0.05) is 74.1 Å². The third kappa shape index (κ3) is 21.9. The summed E-state index contributed by atoms with van der Waals surface area (Å²) in [4.78, 5) is 146. The third-order valence-corrected chi connectivity index (χ3v) is 14.6. The zero-order valence-corrected chi connectivity index (χ0v) is 51.5. The van der Waals surface area contributed by atoms with E-state index in [-0.39, 0.29) is 73.5 Å². The fraction of sp³-hybridized carbons (Fsp3) is 0.776. The summed E-state index contributed by atoms with van der Waals surface area (Å²) in [6, 6.07) is -5.36. The molecule has 1 unspecified atom stereocenters. The standard InChI is InChI=1S/C58H100N12O11/c1-17-18-19-20-23-39(61-50(76)44-24-21-29-70(44)51(77)43-33-81-38(8)60-43)46(72)62-41(31-36(4)5)48(74)66-56(11,12)53(79)64-40(30-35(2)3)47(73)63-42(32-37(6)7)49(75)67-57(13,14)54(80)68-55(9,10)52(78)59-28-25-45(71)65-58(26-22-27-58)34-69(15)16/h33,35-37,39-42,44H,17-32,34H2,1-16H3,(H,59,78)(H,61,76)(H,62,72)(H,63,73)(H,64,79)(H,65,71)(H,66,74)(H,67,75)(H,68,80)/t39?,40-,41-,42-,44-/m0/s1. The van der Waals surface area contributed by atoms with Gasteiger partial charge in [0.2, 0.25) is 53.2 Å². The predicted molar refractivity (Wildman–Crippen MR) is 308 cm³/mol. The van der Waals surface area contributed by atoms with Crippen LogP contribution in [0.15, 0.2) is 10.7 Å². The molecule has 9 N–H and O–H groups in total. The molecule has 1 aliphatic carbocycles. The van der Waals surface area contributed by atoms with Gasteiger partial charge in [-0.2, -0.15) is 0 Å². The largest absolute Gasteiger partial charge is 0.448 e. The highest BCUT2D eigenvalue weighted by atomic mass is 16.3. The average molecular weight is 1140 g/mol. The molecule has 1 aliphatic heterocycles. The molecule has 23 heteroatoms. The van der Waals surface area contributed by atoms with Crippen molar-refractivity contribution >= 4 is 59.1 Å². The second kappa shape index (κ2) is 30.8. The minimum Gasteiger partial charge on any atom is -0.448 e. The number of amides is 10. The van der Waals surface area contributed by atoms with Gasteiger partial charge in [0.1, 0.15) is 53.1 Å². The first-order valence-electron chi connectivity index (χ1n) is 29.3. The maximum atomic E-state index is 14.2. The SMILES string of the molecule is CCCCCCC(NC(=O)[C@@H]1CCCN1C(=O)c1coc(C)n1)C(=O)N[C@@H](CC(C)C)C(=O)NC(C)(C)C(=O)N[C@@H](CC(C)C)C(=O)N[C@@H](CC(C)C)C(=O)NC(C)(C)C(=O)NC(C)(C)C(=O)NCCC(=O)NC1(CN(C)C)CCC1. The van der Waals surface area contributed by atoms with Crippen LogP contribution in [0.4, 0.5) is 0 Å². The van der Waals surface area contributed by atoms with Crippen molar-refractivity contribution < 1.29 is 52.4 Å². The summed E-state index contributed by atoms with van der Waals surface area (Å²) in [7, 11) is 3.91. The van der Waals surface area contributed by atoms with E-state index >= 15 is 0 Å². The van der Waals surface area contributed by atoms with E-state index in [1.807, 2.05) is 60.5 Å². The topological polar surface area (TPSA) is 311 Å². The number of nitrogens with zero attached hydrogens (tertiary/aromatic N) is 3. The molecule has 5 atom stereocenters. The molecule has 1 aromatic heterocycles. The molecular formula is C58H100N12O11. The lowest BCUT2D eigenvalue weighted by Gasteiger charge is -2.44. The molecule has 23 nitrogen and oxygen atoms in total. The average Bonchev–Trinajstić information content (AvgIpc) is 4.12. The van der Waals surface area contributed by atoms with Crippen LogP contribution in [-0.2, 0) is 43.2 Å². The number of rotatable bonds is 33. The van der Waals surface area contributed by atoms with Crippen molar-refractivity contribution in [2.24, 2.45) is 17.8 Å². The Morgan fingerprint density at radius 3 is 1.67 bits per heavy atom. The molecular weight excluding hydrogens is 1040 g/mol. The van der Waals surface area contributed by atoms with Gasteiger partial charge in [-0.3, -0.25) is 47.9 Å². The number of carbonyl (C=O) groups is 10. The molecule has 1 saturated carbocycles. The fourth-order valence-electron chi connectivity index (χ4n) is 10.00. The Balaban J connectivity index is 1.70. The number of nitrogens with one attached hydrogen (secondary N) is 9. The predicted octanol–water partition coefficient (Wildman–Crippen LogP) is 3.43. The number of likely N-dealkylation sites (N-methyl/N-ethyl adjacent to an activating group) is 1. The normalized spacial score (nSPS) is 16.8.